The second-order valence-electron chi connectivity index (χ2n) is 4.79. The Balaban J connectivity index is 0. The number of hydrogen-bond acceptors (Lipinski definition) is 2. The fourth-order valence-electron chi connectivity index (χ4n) is 2.07. The summed E-state index contributed by atoms with van der Waals surface area (Å²) in [5.41, 5.74) is 0. The molecular formula is C12H30BrNO2Si. The van der Waals surface area contributed by atoms with Crippen molar-refractivity contribution in [3.8, 4) is 0 Å². The molecule has 0 aliphatic carbocycles. The van der Waals surface area contributed by atoms with E-state index in [0.717, 1.165) is 12.1 Å². The fourth-order valence-corrected chi connectivity index (χ4v) is 3.30. The predicted octanol–water partition coefficient (Wildman–Crippen LogP) is -0.841. The molecule has 1 atom stereocenters. The molecule has 3 nitrogen and oxygen atoms in total. The quantitative estimate of drug-likeness (QED) is 0.406. The Kier molecular flexibility index (Phi) is 12.3. The molecule has 1 unspecified atom stereocenters. The first-order valence-electron chi connectivity index (χ1n) is 6.43. The Labute approximate surface area is 120 Å². The Hall–Kier alpha value is 0.577. The van der Waals surface area contributed by atoms with Crippen molar-refractivity contribution in [1.29, 1.82) is 0 Å². The van der Waals surface area contributed by atoms with Crippen molar-refractivity contribution in [3.63, 3.8) is 0 Å². The molecule has 0 aliphatic rings. The summed E-state index contributed by atoms with van der Waals surface area (Å²) in [5.74, 6) is 0. The maximum atomic E-state index is 5.33. The van der Waals surface area contributed by atoms with Gasteiger partial charge in [0.2, 0.25) is 0 Å². The van der Waals surface area contributed by atoms with E-state index in [1.165, 1.54) is 30.4 Å². The highest BCUT2D eigenvalue weighted by Gasteiger charge is 2.25. The van der Waals surface area contributed by atoms with Gasteiger partial charge in [-0.15, -0.1) is 0 Å². The van der Waals surface area contributed by atoms with Crippen LogP contribution in [0.25, 0.3) is 0 Å². The van der Waals surface area contributed by atoms with Gasteiger partial charge in [0.25, 0.3) is 0 Å². The minimum absolute atomic E-state index is 0. The highest BCUT2D eigenvalue weighted by atomic mass is 79.9. The molecule has 0 saturated heterocycles. The Morgan fingerprint density at radius 1 is 1.12 bits per heavy atom. The number of halogens is 1. The smallest absolute Gasteiger partial charge is 0.320 e. The molecule has 0 bridgehead atoms. The van der Waals surface area contributed by atoms with E-state index in [0.29, 0.717) is 0 Å². The summed E-state index contributed by atoms with van der Waals surface area (Å²) in [4.78, 5) is 0. The van der Waals surface area contributed by atoms with Gasteiger partial charge in [-0.25, -0.2) is 0 Å². The van der Waals surface area contributed by atoms with Crippen LogP contribution in [0.1, 0.15) is 33.6 Å². The first-order valence-corrected chi connectivity index (χ1v) is 8.19. The zero-order valence-corrected chi connectivity index (χ0v) is 15.1. The predicted molar refractivity (Wildman–Crippen MR) is 71.9 cm³/mol. The second kappa shape index (κ2) is 10.5. The normalized spacial score (nSPS) is 13.6. The maximum absolute atomic E-state index is 5.33. The molecule has 0 heterocycles. The third kappa shape index (κ3) is 6.91. The summed E-state index contributed by atoms with van der Waals surface area (Å²) in [7, 11) is 4.56. The van der Waals surface area contributed by atoms with Crippen molar-refractivity contribution in [3.05, 3.63) is 0 Å². The average molecular weight is 328 g/mol. The molecule has 0 radical (unpaired) electrons. The van der Waals surface area contributed by atoms with Crippen molar-refractivity contribution in [2.45, 2.75) is 45.7 Å². The van der Waals surface area contributed by atoms with Gasteiger partial charge in [-0.05, 0) is 39.7 Å². The van der Waals surface area contributed by atoms with Crippen LogP contribution in [-0.2, 0) is 8.85 Å². The van der Waals surface area contributed by atoms with Crippen molar-refractivity contribution < 1.29 is 30.3 Å². The Bertz CT molecular complexity index is 176. The summed E-state index contributed by atoms with van der Waals surface area (Å²) >= 11 is 0. The highest BCUT2D eigenvalue weighted by molar-refractivity contribution is 6.44. The molecule has 0 aliphatic heterocycles. The van der Waals surface area contributed by atoms with E-state index in [9.17, 15) is 0 Å². The molecule has 0 N–H and O–H groups in total. The van der Waals surface area contributed by atoms with E-state index in [2.05, 4.69) is 27.8 Å². The molecule has 0 rings (SSSR count). The zero-order valence-electron chi connectivity index (χ0n) is 12.3. The van der Waals surface area contributed by atoms with E-state index in [1.807, 2.05) is 0 Å². The summed E-state index contributed by atoms with van der Waals surface area (Å²) in [6.07, 6.45) is 2.50. The molecule has 0 amide bonds. The molecular weight excluding hydrogens is 298 g/mol. The van der Waals surface area contributed by atoms with Crippen LogP contribution < -0.4 is 17.0 Å². The molecule has 0 saturated carbocycles. The number of quaternary nitrogens is 1. The summed E-state index contributed by atoms with van der Waals surface area (Å²) in [6, 6.07) is 1.86. The molecule has 0 aromatic heterocycles. The van der Waals surface area contributed by atoms with Gasteiger partial charge in [0, 0.05) is 14.2 Å². The largest absolute Gasteiger partial charge is 1.00 e. The lowest BCUT2D eigenvalue weighted by atomic mass is 10.1. The molecule has 0 spiro atoms. The topological polar surface area (TPSA) is 18.5 Å². The van der Waals surface area contributed by atoms with Crippen molar-refractivity contribution in [2.75, 3.05) is 34.4 Å². The average Bonchev–Trinajstić information content (AvgIpc) is 2.33. The van der Waals surface area contributed by atoms with Crippen molar-refractivity contribution >= 4 is 9.28 Å². The van der Waals surface area contributed by atoms with E-state index < -0.39 is 9.28 Å². The molecule has 5 heteroatoms. The fraction of sp³-hybridized carbons (Fsp3) is 1.00. The molecule has 0 fully saturated rings. The van der Waals surface area contributed by atoms with Gasteiger partial charge in [0.15, 0.2) is 0 Å². The van der Waals surface area contributed by atoms with Crippen LogP contribution in [0.2, 0.25) is 6.04 Å². The van der Waals surface area contributed by atoms with Gasteiger partial charge in [-0.2, -0.15) is 0 Å². The lowest BCUT2D eigenvalue weighted by Gasteiger charge is -2.38. The number of nitrogens with zero attached hydrogens (tertiary/aromatic N) is 1. The first-order chi connectivity index (χ1) is 7.53. The first kappa shape index (κ1) is 19.9. The van der Waals surface area contributed by atoms with E-state index in [1.54, 1.807) is 14.2 Å². The molecule has 0 aromatic rings. The van der Waals surface area contributed by atoms with E-state index in [4.69, 9.17) is 8.85 Å². The number of rotatable bonds is 9. The van der Waals surface area contributed by atoms with Crippen LogP contribution in [0.15, 0.2) is 0 Å². The van der Waals surface area contributed by atoms with Crippen LogP contribution in [0.4, 0.5) is 0 Å². The lowest BCUT2D eigenvalue weighted by molar-refractivity contribution is -0.928. The molecule has 0 aromatic carbocycles. The summed E-state index contributed by atoms with van der Waals surface area (Å²) in [5, 5.41) is 0. The zero-order chi connectivity index (χ0) is 12.6. The van der Waals surface area contributed by atoms with Crippen molar-refractivity contribution in [1.82, 2.24) is 0 Å². The minimum Gasteiger partial charge on any atom is -1.00 e. The van der Waals surface area contributed by atoms with Crippen molar-refractivity contribution in [2.24, 2.45) is 0 Å². The van der Waals surface area contributed by atoms with Gasteiger partial charge in [-0.3, -0.25) is 0 Å². The highest BCUT2D eigenvalue weighted by Crippen LogP contribution is 2.16. The van der Waals surface area contributed by atoms with E-state index in [-0.39, 0.29) is 17.0 Å². The van der Waals surface area contributed by atoms with Crippen LogP contribution in [-0.4, -0.2) is 54.2 Å². The lowest BCUT2D eigenvalue weighted by Crippen LogP contribution is -3.00. The standard InChI is InChI=1S/C12H30NO2Si.BrH/c1-7-13(4,8-2)12(3)10-9-11-16(14-5)15-6;/h12,16H,7-11H2,1-6H3;1H/q+1;/p-1. The number of hydrogen-bond donors (Lipinski definition) is 0. The Morgan fingerprint density at radius 2 is 1.59 bits per heavy atom. The van der Waals surface area contributed by atoms with Crippen LogP contribution in [0.5, 0.6) is 0 Å². The third-order valence-corrected chi connectivity index (χ3v) is 6.03. The van der Waals surface area contributed by atoms with Crippen LogP contribution in [0, 0.1) is 0 Å². The maximum Gasteiger partial charge on any atom is 0.320 e. The second-order valence-corrected chi connectivity index (χ2v) is 7.17. The van der Waals surface area contributed by atoms with Gasteiger partial charge < -0.3 is 30.3 Å². The van der Waals surface area contributed by atoms with Gasteiger partial charge in [0.05, 0.1) is 26.2 Å². The van der Waals surface area contributed by atoms with Gasteiger partial charge in [-0.1, -0.05) is 0 Å². The Morgan fingerprint density at radius 3 is 1.94 bits per heavy atom. The molecule has 17 heavy (non-hydrogen) atoms. The third-order valence-electron chi connectivity index (χ3n) is 4.10. The van der Waals surface area contributed by atoms with Crippen LogP contribution in [0.3, 0.4) is 0 Å². The SMILES string of the molecule is CC[N+](C)(CC)C(C)CCC[SiH](OC)OC.[Br-]. The van der Waals surface area contributed by atoms with Gasteiger partial charge in [0.1, 0.15) is 0 Å². The van der Waals surface area contributed by atoms with Gasteiger partial charge >= 0.3 is 9.28 Å². The monoisotopic (exact) mass is 327 g/mol. The minimum atomic E-state index is -1.33. The summed E-state index contributed by atoms with van der Waals surface area (Å²) in [6.45, 7) is 9.35. The molecule has 106 valence electrons. The van der Waals surface area contributed by atoms with E-state index >= 15 is 0 Å². The summed E-state index contributed by atoms with van der Waals surface area (Å²) < 4.78 is 11.8. The van der Waals surface area contributed by atoms with Crippen LogP contribution >= 0.6 is 0 Å².